The lowest BCUT2D eigenvalue weighted by Gasteiger charge is -2.17. The van der Waals surface area contributed by atoms with Crippen LogP contribution in [0.2, 0.25) is 5.02 Å². The van der Waals surface area contributed by atoms with Gasteiger partial charge in [0.25, 0.3) is 0 Å². The largest absolute Gasteiger partial charge is 0.506 e. The third-order valence-corrected chi connectivity index (χ3v) is 2.37. The Labute approximate surface area is 90.7 Å². The number of nitrogens with two attached hydrogens (primary N) is 1. The van der Waals surface area contributed by atoms with Gasteiger partial charge < -0.3 is 21.1 Å². The Morgan fingerprint density at radius 3 is 2.40 bits per heavy atom. The first-order valence-corrected chi connectivity index (χ1v) is 4.57. The second-order valence-electron chi connectivity index (χ2n) is 3.26. The van der Waals surface area contributed by atoms with E-state index in [0.717, 1.165) is 6.07 Å². The van der Waals surface area contributed by atoms with Crippen LogP contribution in [0.1, 0.15) is 18.6 Å². The topological polar surface area (TPSA) is 86.7 Å². The van der Waals surface area contributed by atoms with Crippen molar-refractivity contribution >= 4 is 11.6 Å². The Morgan fingerprint density at radius 1 is 1.40 bits per heavy atom. The zero-order chi connectivity index (χ0) is 11.7. The number of hydrogen-bond acceptors (Lipinski definition) is 4. The van der Waals surface area contributed by atoms with Gasteiger partial charge in [0, 0.05) is 11.6 Å². The Bertz CT molecular complexity index is 384. The first-order valence-electron chi connectivity index (χ1n) is 4.19. The van der Waals surface area contributed by atoms with Crippen LogP contribution in [-0.4, -0.2) is 21.4 Å². The standard InChI is InChI=1S/C9H11ClFNO3/c1-3(12)7(13)4-2-5(11)9(15)6(10)8(4)14/h2-3,7,13-15H,12H2,1H3. The van der Waals surface area contributed by atoms with Gasteiger partial charge in [-0.05, 0) is 13.0 Å². The van der Waals surface area contributed by atoms with Crippen molar-refractivity contribution in [1.82, 2.24) is 0 Å². The molecule has 0 aromatic heterocycles. The number of phenolic OH excluding ortho intramolecular Hbond substituents is 2. The molecule has 2 unspecified atom stereocenters. The molecule has 1 aromatic rings. The molecule has 1 rings (SSSR count). The van der Waals surface area contributed by atoms with E-state index in [1.54, 1.807) is 0 Å². The predicted molar refractivity (Wildman–Crippen MR) is 53.3 cm³/mol. The van der Waals surface area contributed by atoms with Gasteiger partial charge in [-0.2, -0.15) is 0 Å². The summed E-state index contributed by atoms with van der Waals surface area (Å²) < 4.78 is 13.0. The first-order chi connectivity index (χ1) is 6.86. The Balaban J connectivity index is 3.32. The maximum absolute atomic E-state index is 13.0. The lowest BCUT2D eigenvalue weighted by atomic mass is 10.0. The minimum atomic E-state index is -1.25. The van der Waals surface area contributed by atoms with E-state index in [1.807, 2.05) is 0 Å². The smallest absolute Gasteiger partial charge is 0.174 e. The van der Waals surface area contributed by atoms with Gasteiger partial charge in [0.2, 0.25) is 0 Å². The van der Waals surface area contributed by atoms with Crippen molar-refractivity contribution in [3.05, 3.63) is 22.5 Å². The number of phenols is 2. The minimum Gasteiger partial charge on any atom is -0.506 e. The Morgan fingerprint density at radius 2 is 1.93 bits per heavy atom. The number of hydrogen-bond donors (Lipinski definition) is 4. The lowest BCUT2D eigenvalue weighted by Crippen LogP contribution is -2.24. The molecular formula is C9H11ClFNO3. The molecule has 5 N–H and O–H groups in total. The predicted octanol–water partition coefficient (Wildman–Crippen LogP) is 1.27. The monoisotopic (exact) mass is 235 g/mol. The van der Waals surface area contributed by atoms with Gasteiger partial charge in [-0.3, -0.25) is 0 Å². The molecule has 0 fully saturated rings. The molecule has 84 valence electrons. The quantitative estimate of drug-likeness (QED) is 0.622. The number of rotatable bonds is 2. The molecule has 0 amide bonds. The zero-order valence-electron chi connectivity index (χ0n) is 7.91. The molecule has 0 aliphatic heterocycles. The highest BCUT2D eigenvalue weighted by molar-refractivity contribution is 6.33. The highest BCUT2D eigenvalue weighted by Crippen LogP contribution is 2.40. The molecule has 0 saturated heterocycles. The fraction of sp³-hybridized carbons (Fsp3) is 0.333. The highest BCUT2D eigenvalue weighted by atomic mass is 35.5. The van der Waals surface area contributed by atoms with E-state index in [4.69, 9.17) is 22.4 Å². The second-order valence-corrected chi connectivity index (χ2v) is 3.64. The van der Waals surface area contributed by atoms with Crippen molar-refractivity contribution in [2.24, 2.45) is 5.73 Å². The average Bonchev–Trinajstić information content (AvgIpc) is 2.19. The number of aromatic hydroxyl groups is 2. The van der Waals surface area contributed by atoms with Gasteiger partial charge >= 0.3 is 0 Å². The highest BCUT2D eigenvalue weighted by Gasteiger charge is 2.22. The second kappa shape index (κ2) is 4.22. The van der Waals surface area contributed by atoms with Crippen molar-refractivity contribution in [2.75, 3.05) is 0 Å². The summed E-state index contributed by atoms with van der Waals surface area (Å²) in [7, 11) is 0. The third kappa shape index (κ3) is 2.14. The fourth-order valence-corrected chi connectivity index (χ4v) is 1.33. The van der Waals surface area contributed by atoms with E-state index in [0.29, 0.717) is 0 Å². The summed E-state index contributed by atoms with van der Waals surface area (Å²) in [6.07, 6.45) is -1.25. The molecule has 0 aliphatic carbocycles. The summed E-state index contributed by atoms with van der Waals surface area (Å²) in [5.41, 5.74) is 5.24. The molecule has 1 aromatic carbocycles. The third-order valence-electron chi connectivity index (χ3n) is 2.01. The van der Waals surface area contributed by atoms with E-state index in [9.17, 15) is 14.6 Å². The van der Waals surface area contributed by atoms with E-state index >= 15 is 0 Å². The maximum atomic E-state index is 13.0. The summed E-state index contributed by atoms with van der Waals surface area (Å²) in [4.78, 5) is 0. The van der Waals surface area contributed by atoms with Crippen molar-refractivity contribution in [3.63, 3.8) is 0 Å². The van der Waals surface area contributed by atoms with Crippen molar-refractivity contribution in [3.8, 4) is 11.5 Å². The van der Waals surface area contributed by atoms with Crippen LogP contribution in [0.3, 0.4) is 0 Å². The van der Waals surface area contributed by atoms with Crippen LogP contribution >= 0.6 is 11.6 Å². The van der Waals surface area contributed by atoms with Crippen LogP contribution in [0, 0.1) is 5.82 Å². The van der Waals surface area contributed by atoms with Gasteiger partial charge in [-0.1, -0.05) is 11.6 Å². The molecule has 6 heteroatoms. The summed E-state index contributed by atoms with van der Waals surface area (Å²) in [6.45, 7) is 1.49. The van der Waals surface area contributed by atoms with Crippen LogP contribution in [0.5, 0.6) is 11.5 Å². The van der Waals surface area contributed by atoms with Gasteiger partial charge in [0.1, 0.15) is 10.8 Å². The zero-order valence-corrected chi connectivity index (χ0v) is 8.66. The SMILES string of the molecule is CC(N)C(O)c1cc(F)c(O)c(Cl)c1O. The van der Waals surface area contributed by atoms with Crippen molar-refractivity contribution in [2.45, 2.75) is 19.1 Å². The number of benzene rings is 1. The van der Waals surface area contributed by atoms with Crippen LogP contribution in [0.4, 0.5) is 4.39 Å². The number of aliphatic hydroxyl groups excluding tert-OH is 1. The molecule has 0 heterocycles. The summed E-state index contributed by atoms with van der Waals surface area (Å²) in [5, 5.41) is 27.5. The molecule has 0 radical (unpaired) electrons. The van der Waals surface area contributed by atoms with Gasteiger partial charge in [-0.25, -0.2) is 4.39 Å². The summed E-state index contributed by atoms with van der Waals surface area (Å²) in [6, 6.07) is 0.0980. The van der Waals surface area contributed by atoms with Crippen LogP contribution in [0.25, 0.3) is 0 Å². The van der Waals surface area contributed by atoms with E-state index in [2.05, 4.69) is 0 Å². The molecule has 0 aliphatic rings. The molecule has 0 bridgehead atoms. The van der Waals surface area contributed by atoms with E-state index in [-0.39, 0.29) is 5.56 Å². The summed E-state index contributed by atoms with van der Waals surface area (Å²) >= 11 is 5.44. The van der Waals surface area contributed by atoms with E-state index < -0.39 is 34.5 Å². The number of halogens is 2. The molecule has 0 spiro atoms. The first kappa shape index (κ1) is 12.0. The van der Waals surface area contributed by atoms with Crippen LogP contribution in [-0.2, 0) is 0 Å². The fourth-order valence-electron chi connectivity index (χ4n) is 1.13. The minimum absolute atomic E-state index is 0.148. The van der Waals surface area contributed by atoms with Crippen LogP contribution in [0.15, 0.2) is 6.07 Å². The lowest BCUT2D eigenvalue weighted by molar-refractivity contribution is 0.149. The maximum Gasteiger partial charge on any atom is 0.174 e. The van der Waals surface area contributed by atoms with Crippen molar-refractivity contribution in [1.29, 1.82) is 0 Å². The Hall–Kier alpha value is -1.04. The molecular weight excluding hydrogens is 225 g/mol. The van der Waals surface area contributed by atoms with Gasteiger partial charge in [0.15, 0.2) is 11.6 Å². The van der Waals surface area contributed by atoms with Gasteiger partial charge in [-0.15, -0.1) is 0 Å². The normalized spacial score (nSPS) is 15.0. The van der Waals surface area contributed by atoms with Crippen molar-refractivity contribution < 1.29 is 19.7 Å². The van der Waals surface area contributed by atoms with E-state index in [1.165, 1.54) is 6.92 Å². The number of aliphatic hydroxyl groups is 1. The molecule has 4 nitrogen and oxygen atoms in total. The molecule has 15 heavy (non-hydrogen) atoms. The average molecular weight is 236 g/mol. The van der Waals surface area contributed by atoms with Crippen LogP contribution < -0.4 is 5.73 Å². The Kier molecular flexibility index (Phi) is 3.38. The molecule has 0 saturated carbocycles. The summed E-state index contributed by atoms with van der Waals surface area (Å²) in [5.74, 6) is -2.44. The van der Waals surface area contributed by atoms with Gasteiger partial charge in [0.05, 0.1) is 6.10 Å². The molecule has 2 atom stereocenters.